The van der Waals surface area contributed by atoms with Crippen molar-refractivity contribution in [2.75, 3.05) is 13.2 Å². The number of allylic oxidation sites excluding steroid dienone is 6. The van der Waals surface area contributed by atoms with Crippen molar-refractivity contribution in [3.8, 4) is 0 Å². The van der Waals surface area contributed by atoms with Crippen molar-refractivity contribution >= 4 is 17.9 Å². The summed E-state index contributed by atoms with van der Waals surface area (Å²) in [5.74, 6) is -0.902. The number of hydrogen-bond acceptors (Lipinski definition) is 6. The van der Waals surface area contributed by atoms with Gasteiger partial charge < -0.3 is 14.2 Å². The summed E-state index contributed by atoms with van der Waals surface area (Å²) in [6.07, 6.45) is 48.3. The van der Waals surface area contributed by atoms with E-state index >= 15 is 0 Å². The van der Waals surface area contributed by atoms with E-state index in [2.05, 4.69) is 57.2 Å². The molecular weight excluding hydrogens is 673 g/mol. The lowest BCUT2D eigenvalue weighted by atomic mass is 10.1. The van der Waals surface area contributed by atoms with Crippen LogP contribution in [0.2, 0.25) is 0 Å². The Bertz CT molecular complexity index is 922. The highest BCUT2D eigenvalue weighted by molar-refractivity contribution is 5.71. The minimum atomic E-state index is -0.776. The van der Waals surface area contributed by atoms with E-state index in [-0.39, 0.29) is 31.1 Å². The van der Waals surface area contributed by atoms with E-state index in [0.717, 1.165) is 96.3 Å². The van der Waals surface area contributed by atoms with Crippen LogP contribution < -0.4 is 0 Å². The molecule has 0 aliphatic carbocycles. The standard InChI is InChI=1S/C48H86O6/c1-4-7-10-13-16-19-22-24-26-29-32-35-38-41-47(50)53-44-45(43-52-46(49)40-37-34-31-28-21-18-15-12-9-6-3)54-48(51)42-39-36-33-30-27-25-23-20-17-14-11-8-5-2/h10,13,19-20,22-23,45H,4-9,11-12,14-18,21,24-44H2,1-3H3/b13-10-,22-19-,23-20-. The molecule has 1 unspecified atom stereocenters. The van der Waals surface area contributed by atoms with E-state index in [1.807, 2.05) is 0 Å². The van der Waals surface area contributed by atoms with Crippen LogP contribution in [0, 0.1) is 0 Å². The van der Waals surface area contributed by atoms with Gasteiger partial charge in [0.25, 0.3) is 0 Å². The van der Waals surface area contributed by atoms with Gasteiger partial charge in [0.05, 0.1) is 0 Å². The summed E-state index contributed by atoms with van der Waals surface area (Å²) in [4.78, 5) is 37.7. The van der Waals surface area contributed by atoms with Crippen molar-refractivity contribution in [1.82, 2.24) is 0 Å². The van der Waals surface area contributed by atoms with E-state index in [0.29, 0.717) is 19.3 Å². The first-order valence-electron chi connectivity index (χ1n) is 23.0. The van der Waals surface area contributed by atoms with Crippen molar-refractivity contribution in [2.24, 2.45) is 0 Å². The fraction of sp³-hybridized carbons (Fsp3) is 0.812. The Hall–Kier alpha value is -2.37. The summed E-state index contributed by atoms with van der Waals surface area (Å²) in [7, 11) is 0. The average Bonchev–Trinajstić information content (AvgIpc) is 3.17. The third kappa shape index (κ3) is 40.8. The minimum absolute atomic E-state index is 0.0782. The van der Waals surface area contributed by atoms with Crippen LogP contribution >= 0.6 is 0 Å². The molecule has 0 bridgehead atoms. The van der Waals surface area contributed by atoms with Gasteiger partial charge in [0, 0.05) is 19.3 Å². The SMILES string of the molecule is CCC/C=C\C/C=C\CCCCCCCC(=O)OCC(COC(=O)CCCCCCCCCCCC)OC(=O)CCCCCCC/C=C\CCCCCC. The molecule has 1 atom stereocenters. The Morgan fingerprint density at radius 2 is 0.704 bits per heavy atom. The highest BCUT2D eigenvalue weighted by Crippen LogP contribution is 2.14. The van der Waals surface area contributed by atoms with E-state index in [4.69, 9.17) is 14.2 Å². The minimum Gasteiger partial charge on any atom is -0.462 e. The fourth-order valence-corrected chi connectivity index (χ4v) is 6.36. The van der Waals surface area contributed by atoms with Crippen LogP contribution in [0.25, 0.3) is 0 Å². The van der Waals surface area contributed by atoms with Crippen molar-refractivity contribution < 1.29 is 28.6 Å². The van der Waals surface area contributed by atoms with Crippen molar-refractivity contribution in [3.05, 3.63) is 36.5 Å². The first kappa shape index (κ1) is 51.6. The Balaban J connectivity index is 4.39. The summed E-state index contributed by atoms with van der Waals surface area (Å²) in [6.45, 7) is 6.52. The van der Waals surface area contributed by atoms with Gasteiger partial charge in [-0.05, 0) is 70.6 Å². The normalized spacial score (nSPS) is 12.3. The van der Waals surface area contributed by atoms with Crippen LogP contribution in [-0.2, 0) is 28.6 Å². The summed E-state index contributed by atoms with van der Waals surface area (Å²) >= 11 is 0. The first-order valence-corrected chi connectivity index (χ1v) is 23.0. The smallest absolute Gasteiger partial charge is 0.306 e. The van der Waals surface area contributed by atoms with E-state index in [1.54, 1.807) is 0 Å². The van der Waals surface area contributed by atoms with Gasteiger partial charge in [0.2, 0.25) is 0 Å². The molecule has 0 aromatic carbocycles. The Morgan fingerprint density at radius 1 is 0.370 bits per heavy atom. The average molecular weight is 759 g/mol. The molecule has 0 N–H and O–H groups in total. The predicted octanol–water partition coefficient (Wildman–Crippen LogP) is 14.6. The zero-order chi connectivity index (χ0) is 39.4. The lowest BCUT2D eigenvalue weighted by molar-refractivity contribution is -0.167. The third-order valence-electron chi connectivity index (χ3n) is 9.85. The zero-order valence-corrected chi connectivity index (χ0v) is 35.7. The van der Waals surface area contributed by atoms with Crippen LogP contribution in [0.4, 0.5) is 0 Å². The van der Waals surface area contributed by atoms with Gasteiger partial charge in [0.15, 0.2) is 6.10 Å². The lowest BCUT2D eigenvalue weighted by Gasteiger charge is -2.18. The molecule has 0 saturated heterocycles. The summed E-state index contributed by atoms with van der Waals surface area (Å²) in [5, 5.41) is 0. The van der Waals surface area contributed by atoms with Crippen molar-refractivity contribution in [2.45, 2.75) is 239 Å². The molecule has 0 heterocycles. The van der Waals surface area contributed by atoms with Crippen LogP contribution in [-0.4, -0.2) is 37.2 Å². The molecule has 54 heavy (non-hydrogen) atoms. The van der Waals surface area contributed by atoms with Crippen LogP contribution in [0.1, 0.15) is 233 Å². The summed E-state index contributed by atoms with van der Waals surface area (Å²) in [6, 6.07) is 0. The quantitative estimate of drug-likeness (QED) is 0.0267. The topological polar surface area (TPSA) is 78.9 Å². The highest BCUT2D eigenvalue weighted by Gasteiger charge is 2.19. The maximum absolute atomic E-state index is 12.7. The maximum Gasteiger partial charge on any atom is 0.306 e. The molecular formula is C48H86O6. The van der Waals surface area contributed by atoms with Crippen molar-refractivity contribution in [3.63, 3.8) is 0 Å². The number of esters is 3. The number of carbonyl (C=O) groups excluding carboxylic acids is 3. The second-order valence-electron chi connectivity index (χ2n) is 15.3. The number of ether oxygens (including phenoxy) is 3. The van der Waals surface area contributed by atoms with Gasteiger partial charge in [-0.15, -0.1) is 0 Å². The van der Waals surface area contributed by atoms with E-state index in [9.17, 15) is 14.4 Å². The monoisotopic (exact) mass is 759 g/mol. The number of hydrogen-bond donors (Lipinski definition) is 0. The number of unbranched alkanes of at least 4 members (excludes halogenated alkanes) is 24. The first-order chi connectivity index (χ1) is 26.5. The number of carbonyl (C=O) groups is 3. The van der Waals surface area contributed by atoms with Gasteiger partial charge >= 0.3 is 17.9 Å². The molecule has 0 amide bonds. The molecule has 0 fully saturated rings. The number of rotatable bonds is 41. The Labute approximate surface area is 334 Å². The van der Waals surface area contributed by atoms with E-state index in [1.165, 1.54) is 96.3 Å². The van der Waals surface area contributed by atoms with Gasteiger partial charge in [-0.25, -0.2) is 0 Å². The van der Waals surface area contributed by atoms with Crippen molar-refractivity contribution in [1.29, 1.82) is 0 Å². The fourth-order valence-electron chi connectivity index (χ4n) is 6.36. The highest BCUT2D eigenvalue weighted by atomic mass is 16.6. The van der Waals surface area contributed by atoms with Crippen LogP contribution in [0.3, 0.4) is 0 Å². The lowest BCUT2D eigenvalue weighted by Crippen LogP contribution is -2.30. The van der Waals surface area contributed by atoms with Gasteiger partial charge in [-0.2, -0.15) is 0 Å². The molecule has 0 aromatic heterocycles. The Kier molecular flexibility index (Phi) is 41.5. The Morgan fingerprint density at radius 3 is 1.13 bits per heavy atom. The molecule has 6 nitrogen and oxygen atoms in total. The van der Waals surface area contributed by atoms with Gasteiger partial charge in [-0.1, -0.05) is 179 Å². The van der Waals surface area contributed by atoms with Gasteiger partial charge in [0.1, 0.15) is 13.2 Å². The molecule has 0 spiro atoms. The molecule has 6 heteroatoms. The molecule has 0 radical (unpaired) electrons. The molecule has 314 valence electrons. The molecule has 0 rings (SSSR count). The second-order valence-corrected chi connectivity index (χ2v) is 15.3. The maximum atomic E-state index is 12.7. The van der Waals surface area contributed by atoms with Gasteiger partial charge in [-0.3, -0.25) is 14.4 Å². The second kappa shape index (κ2) is 43.4. The molecule has 0 aliphatic rings. The van der Waals surface area contributed by atoms with Crippen LogP contribution in [0.5, 0.6) is 0 Å². The predicted molar refractivity (Wildman–Crippen MR) is 229 cm³/mol. The largest absolute Gasteiger partial charge is 0.462 e. The molecule has 0 aromatic rings. The van der Waals surface area contributed by atoms with Crippen LogP contribution in [0.15, 0.2) is 36.5 Å². The third-order valence-corrected chi connectivity index (χ3v) is 9.85. The molecule has 0 saturated carbocycles. The molecule has 0 aliphatic heterocycles. The van der Waals surface area contributed by atoms with E-state index < -0.39 is 6.10 Å². The zero-order valence-electron chi connectivity index (χ0n) is 35.7. The summed E-state index contributed by atoms with van der Waals surface area (Å²) in [5.41, 5.74) is 0. The summed E-state index contributed by atoms with van der Waals surface area (Å²) < 4.78 is 16.7.